The SMILES string of the molecule is CCOC(=O)[C@]12CCCC=C1N(Cc1cccc3ccccc13)C(=O)[C@H](CC(=O)N1CCCCC1)C2. The lowest BCUT2D eigenvalue weighted by Crippen LogP contribution is -2.54. The molecule has 2 aromatic rings. The third-order valence-corrected chi connectivity index (χ3v) is 8.14. The maximum atomic E-state index is 14.0. The third-order valence-electron chi connectivity index (χ3n) is 8.14. The van der Waals surface area contributed by atoms with Crippen LogP contribution in [0.1, 0.15) is 63.9 Å². The maximum absolute atomic E-state index is 14.0. The van der Waals surface area contributed by atoms with Crippen molar-refractivity contribution in [3.63, 3.8) is 0 Å². The summed E-state index contributed by atoms with van der Waals surface area (Å²) >= 11 is 0. The quantitative estimate of drug-likeness (QED) is 0.524. The van der Waals surface area contributed by atoms with E-state index in [0.29, 0.717) is 26.0 Å². The van der Waals surface area contributed by atoms with Crippen LogP contribution in [0.25, 0.3) is 10.8 Å². The van der Waals surface area contributed by atoms with Gasteiger partial charge in [-0.05, 0) is 68.2 Å². The minimum absolute atomic E-state index is 0.0282. The first kappa shape index (κ1) is 24.5. The molecule has 2 saturated heterocycles. The molecular weight excluding hydrogens is 452 g/mol. The van der Waals surface area contributed by atoms with Gasteiger partial charge in [-0.2, -0.15) is 0 Å². The molecule has 2 fully saturated rings. The van der Waals surface area contributed by atoms with Crippen LogP contribution in [0.3, 0.4) is 0 Å². The van der Waals surface area contributed by atoms with Crippen molar-refractivity contribution in [1.82, 2.24) is 9.80 Å². The number of carbonyl (C=O) groups excluding carboxylic acids is 3. The van der Waals surface area contributed by atoms with Gasteiger partial charge < -0.3 is 14.5 Å². The number of likely N-dealkylation sites (tertiary alicyclic amines) is 2. The van der Waals surface area contributed by atoms with Crippen LogP contribution in [0.15, 0.2) is 54.2 Å². The summed E-state index contributed by atoms with van der Waals surface area (Å²) in [5, 5.41) is 2.21. The van der Waals surface area contributed by atoms with E-state index in [-0.39, 0.29) is 24.2 Å². The maximum Gasteiger partial charge on any atom is 0.318 e. The van der Waals surface area contributed by atoms with Crippen LogP contribution >= 0.6 is 0 Å². The summed E-state index contributed by atoms with van der Waals surface area (Å²) < 4.78 is 5.60. The predicted octanol–water partition coefficient (Wildman–Crippen LogP) is 5.21. The Morgan fingerprint density at radius 2 is 1.81 bits per heavy atom. The number of hydrogen-bond donors (Lipinski definition) is 0. The lowest BCUT2D eigenvalue weighted by molar-refractivity contribution is -0.163. The number of ether oxygens (including phenoxy) is 1. The van der Waals surface area contributed by atoms with Gasteiger partial charge in [-0.3, -0.25) is 14.4 Å². The van der Waals surface area contributed by atoms with Gasteiger partial charge >= 0.3 is 5.97 Å². The van der Waals surface area contributed by atoms with Gasteiger partial charge in [0.1, 0.15) is 5.41 Å². The Labute approximate surface area is 213 Å². The summed E-state index contributed by atoms with van der Waals surface area (Å²) in [6, 6.07) is 14.3. The third kappa shape index (κ3) is 4.54. The van der Waals surface area contributed by atoms with E-state index in [1.165, 1.54) is 0 Å². The summed E-state index contributed by atoms with van der Waals surface area (Å²) in [7, 11) is 0. The molecule has 0 unspecified atom stereocenters. The van der Waals surface area contributed by atoms with Crippen LogP contribution in [0.4, 0.5) is 0 Å². The van der Waals surface area contributed by atoms with Crippen molar-refractivity contribution < 1.29 is 19.1 Å². The van der Waals surface area contributed by atoms with Crippen LogP contribution in [0.5, 0.6) is 0 Å². The number of rotatable bonds is 6. The number of allylic oxidation sites excluding steroid dienone is 1. The molecule has 3 aliphatic rings. The fraction of sp³-hybridized carbons (Fsp3) is 0.500. The largest absolute Gasteiger partial charge is 0.465 e. The zero-order valence-corrected chi connectivity index (χ0v) is 21.2. The minimum Gasteiger partial charge on any atom is -0.465 e. The monoisotopic (exact) mass is 488 g/mol. The number of hydrogen-bond acceptors (Lipinski definition) is 4. The zero-order chi connectivity index (χ0) is 25.1. The van der Waals surface area contributed by atoms with Gasteiger partial charge in [-0.25, -0.2) is 0 Å². The number of amides is 2. The number of nitrogens with zero attached hydrogens (tertiary/aromatic N) is 2. The van der Waals surface area contributed by atoms with E-state index >= 15 is 0 Å². The van der Waals surface area contributed by atoms with Crippen LogP contribution < -0.4 is 0 Å². The number of carbonyl (C=O) groups is 3. The smallest absolute Gasteiger partial charge is 0.318 e. The Bertz CT molecular complexity index is 1180. The van der Waals surface area contributed by atoms with Gasteiger partial charge in [0.05, 0.1) is 13.2 Å². The Morgan fingerprint density at radius 1 is 1.03 bits per heavy atom. The molecule has 2 amide bonds. The fourth-order valence-electron chi connectivity index (χ4n) is 6.35. The zero-order valence-electron chi connectivity index (χ0n) is 21.2. The molecule has 2 aromatic carbocycles. The Morgan fingerprint density at radius 3 is 2.61 bits per heavy atom. The van der Waals surface area contributed by atoms with Gasteiger partial charge in [-0.1, -0.05) is 48.5 Å². The lowest BCUT2D eigenvalue weighted by atomic mass is 9.66. The Balaban J connectivity index is 1.52. The molecule has 2 aliphatic heterocycles. The van der Waals surface area contributed by atoms with Crippen molar-refractivity contribution in [1.29, 1.82) is 0 Å². The van der Waals surface area contributed by atoms with Gasteiger partial charge in [0, 0.05) is 31.1 Å². The van der Waals surface area contributed by atoms with Gasteiger partial charge in [-0.15, -0.1) is 0 Å². The summed E-state index contributed by atoms with van der Waals surface area (Å²) in [5.41, 5.74) is 0.931. The van der Waals surface area contributed by atoms with Crippen molar-refractivity contribution in [2.45, 2.75) is 64.8 Å². The van der Waals surface area contributed by atoms with E-state index < -0.39 is 11.3 Å². The van der Waals surface area contributed by atoms with Crippen molar-refractivity contribution in [3.8, 4) is 0 Å². The number of esters is 1. The van der Waals surface area contributed by atoms with Crippen LogP contribution in [-0.4, -0.2) is 47.3 Å². The van der Waals surface area contributed by atoms with E-state index in [4.69, 9.17) is 4.74 Å². The minimum atomic E-state index is -0.875. The molecule has 0 spiro atoms. The number of benzene rings is 2. The molecule has 2 heterocycles. The first-order chi connectivity index (χ1) is 17.5. The summed E-state index contributed by atoms with van der Waals surface area (Å²) in [6.45, 7) is 4.01. The molecule has 6 nitrogen and oxygen atoms in total. The molecule has 0 saturated carbocycles. The molecule has 190 valence electrons. The summed E-state index contributed by atoms with van der Waals surface area (Å²) in [6.07, 6.45) is 8.07. The molecule has 0 aromatic heterocycles. The van der Waals surface area contributed by atoms with Gasteiger partial charge in [0.2, 0.25) is 11.8 Å². The highest BCUT2D eigenvalue weighted by molar-refractivity contribution is 5.93. The average molecular weight is 489 g/mol. The normalized spacial score (nSPS) is 24.3. The van der Waals surface area contributed by atoms with E-state index in [0.717, 1.165) is 67.2 Å². The van der Waals surface area contributed by atoms with Crippen molar-refractivity contribution >= 4 is 28.6 Å². The molecule has 1 aliphatic carbocycles. The van der Waals surface area contributed by atoms with Gasteiger partial charge in [0.25, 0.3) is 0 Å². The molecule has 5 rings (SSSR count). The first-order valence-corrected chi connectivity index (χ1v) is 13.5. The fourth-order valence-corrected chi connectivity index (χ4v) is 6.35. The summed E-state index contributed by atoms with van der Waals surface area (Å²) in [5.74, 6) is -0.822. The molecule has 6 heteroatoms. The standard InChI is InChI=1S/C30H36N2O4/c1-2-36-29(35)30-16-7-6-15-26(30)32(21-23-13-10-12-22-11-4-5-14-25(22)23)28(34)24(20-30)19-27(33)31-17-8-3-9-18-31/h4-5,10-15,24H,2-3,6-9,16-21H2,1H3/t24-,30+/m1/s1. The molecule has 0 N–H and O–H groups in total. The Kier molecular flexibility index (Phi) is 7.13. The van der Waals surface area contributed by atoms with E-state index in [1.54, 1.807) is 4.90 Å². The second-order valence-corrected chi connectivity index (χ2v) is 10.4. The van der Waals surface area contributed by atoms with E-state index in [9.17, 15) is 14.4 Å². The highest BCUT2D eigenvalue weighted by atomic mass is 16.5. The Hall–Kier alpha value is -3.15. The van der Waals surface area contributed by atoms with Crippen LogP contribution in [-0.2, 0) is 25.7 Å². The molecule has 0 bridgehead atoms. The van der Waals surface area contributed by atoms with Crippen molar-refractivity contribution in [2.24, 2.45) is 11.3 Å². The first-order valence-electron chi connectivity index (χ1n) is 13.5. The molecule has 36 heavy (non-hydrogen) atoms. The predicted molar refractivity (Wildman–Crippen MR) is 139 cm³/mol. The second kappa shape index (κ2) is 10.5. The highest BCUT2D eigenvalue weighted by Gasteiger charge is 2.54. The van der Waals surface area contributed by atoms with Crippen LogP contribution in [0.2, 0.25) is 0 Å². The van der Waals surface area contributed by atoms with E-state index in [2.05, 4.69) is 24.3 Å². The molecule has 2 atom stereocenters. The highest BCUT2D eigenvalue weighted by Crippen LogP contribution is 2.50. The van der Waals surface area contributed by atoms with Crippen molar-refractivity contribution in [2.75, 3.05) is 19.7 Å². The number of piperidine rings is 2. The van der Waals surface area contributed by atoms with E-state index in [1.807, 2.05) is 36.1 Å². The van der Waals surface area contributed by atoms with Gasteiger partial charge in [0.15, 0.2) is 0 Å². The second-order valence-electron chi connectivity index (χ2n) is 10.4. The summed E-state index contributed by atoms with van der Waals surface area (Å²) in [4.78, 5) is 44.5. The molecule has 0 radical (unpaired) electrons. The topological polar surface area (TPSA) is 66.9 Å². The molecular formula is C30H36N2O4. The number of fused-ring (bicyclic) bond motifs is 2. The van der Waals surface area contributed by atoms with Crippen LogP contribution in [0, 0.1) is 11.3 Å². The lowest BCUT2D eigenvalue weighted by Gasteiger charge is -2.48. The van der Waals surface area contributed by atoms with Crippen molar-refractivity contribution in [3.05, 3.63) is 59.8 Å². The average Bonchev–Trinajstić information content (AvgIpc) is 2.91.